The van der Waals surface area contributed by atoms with Gasteiger partial charge in [0.1, 0.15) is 11.6 Å². The lowest BCUT2D eigenvalue weighted by molar-refractivity contribution is -0.118. The summed E-state index contributed by atoms with van der Waals surface area (Å²) in [6.45, 7) is 0.440. The normalized spacial score (nSPS) is 21.0. The zero-order chi connectivity index (χ0) is 21.5. The van der Waals surface area contributed by atoms with Gasteiger partial charge in [-0.1, -0.05) is 12.1 Å². The highest BCUT2D eigenvalue weighted by Gasteiger charge is 2.23. The molecule has 0 saturated carbocycles. The van der Waals surface area contributed by atoms with E-state index in [2.05, 4.69) is 5.32 Å². The van der Waals surface area contributed by atoms with Gasteiger partial charge in [-0.2, -0.15) is 0 Å². The molecule has 0 aliphatic carbocycles. The van der Waals surface area contributed by atoms with E-state index in [0.29, 0.717) is 44.3 Å². The van der Waals surface area contributed by atoms with Gasteiger partial charge in [0.25, 0.3) is 5.91 Å². The molecule has 5 nitrogen and oxygen atoms in total. The van der Waals surface area contributed by atoms with E-state index in [0.717, 1.165) is 6.07 Å². The van der Waals surface area contributed by atoms with Gasteiger partial charge in [0.05, 0.1) is 6.10 Å². The van der Waals surface area contributed by atoms with Crippen molar-refractivity contribution >= 4 is 17.5 Å². The first-order chi connectivity index (χ1) is 14.4. The zero-order valence-corrected chi connectivity index (χ0v) is 16.7. The van der Waals surface area contributed by atoms with Crippen LogP contribution < -0.4 is 10.2 Å². The Labute approximate surface area is 174 Å². The molecule has 1 heterocycles. The maximum atomic E-state index is 13.6. The van der Waals surface area contributed by atoms with Crippen LogP contribution in [0.25, 0.3) is 0 Å². The number of halogens is 2. The Hall–Kier alpha value is -2.80. The van der Waals surface area contributed by atoms with E-state index in [-0.39, 0.29) is 17.9 Å². The quantitative estimate of drug-likeness (QED) is 0.800. The molecule has 30 heavy (non-hydrogen) atoms. The first-order valence-corrected chi connectivity index (χ1v) is 10.2. The minimum atomic E-state index is -0.612. The van der Waals surface area contributed by atoms with Crippen LogP contribution in [0.15, 0.2) is 48.5 Å². The van der Waals surface area contributed by atoms with Gasteiger partial charge in [0, 0.05) is 30.3 Å². The maximum Gasteiger partial charge on any atom is 0.251 e. The summed E-state index contributed by atoms with van der Waals surface area (Å²) in [5.74, 6) is -1.53. The average Bonchev–Trinajstić information content (AvgIpc) is 2.74. The monoisotopic (exact) mass is 416 g/mol. The summed E-state index contributed by atoms with van der Waals surface area (Å²) in [6, 6.07) is 10.8. The fourth-order valence-corrected chi connectivity index (χ4v) is 3.72. The Bertz CT molecular complexity index is 890. The standard InChI is InChI=1S/C23H26F2N2O3/c24-17-6-3-5-16(13-17)23(30)26-19-10-11-22(29)27(12-2-1-9-21(28)15-19)20-8-4-7-18(25)14-20/h3-8,13-14,19,21,28H,1-2,9-12,15H2,(H,26,30). The molecule has 0 bridgehead atoms. The molecule has 1 aliphatic heterocycles. The lowest BCUT2D eigenvalue weighted by Gasteiger charge is -2.24. The number of nitrogens with one attached hydrogen (secondary N) is 1. The summed E-state index contributed by atoms with van der Waals surface area (Å²) >= 11 is 0. The topological polar surface area (TPSA) is 69.6 Å². The van der Waals surface area contributed by atoms with Crippen LogP contribution in [0, 0.1) is 11.6 Å². The van der Waals surface area contributed by atoms with Crippen LogP contribution in [-0.2, 0) is 4.79 Å². The Kier molecular flexibility index (Phi) is 7.52. The molecule has 2 aromatic carbocycles. The van der Waals surface area contributed by atoms with Gasteiger partial charge >= 0.3 is 0 Å². The molecule has 1 aliphatic rings. The number of nitrogens with zero attached hydrogens (tertiary/aromatic N) is 1. The van der Waals surface area contributed by atoms with Gasteiger partial charge in [-0.3, -0.25) is 9.59 Å². The number of rotatable bonds is 3. The highest BCUT2D eigenvalue weighted by Crippen LogP contribution is 2.21. The third-order valence-corrected chi connectivity index (χ3v) is 5.28. The van der Waals surface area contributed by atoms with E-state index in [4.69, 9.17) is 0 Å². The molecule has 160 valence electrons. The predicted molar refractivity (Wildman–Crippen MR) is 110 cm³/mol. The van der Waals surface area contributed by atoms with Crippen molar-refractivity contribution in [1.82, 2.24) is 5.32 Å². The van der Waals surface area contributed by atoms with E-state index < -0.39 is 29.7 Å². The summed E-state index contributed by atoms with van der Waals surface area (Å²) in [7, 11) is 0. The molecule has 2 N–H and O–H groups in total. The number of hydrogen-bond donors (Lipinski definition) is 2. The number of benzene rings is 2. The molecule has 3 rings (SSSR count). The van der Waals surface area contributed by atoms with E-state index in [1.54, 1.807) is 17.0 Å². The van der Waals surface area contributed by atoms with Crippen molar-refractivity contribution in [3.63, 3.8) is 0 Å². The second kappa shape index (κ2) is 10.3. The minimum absolute atomic E-state index is 0.136. The maximum absolute atomic E-state index is 13.6. The van der Waals surface area contributed by atoms with Gasteiger partial charge in [-0.15, -0.1) is 0 Å². The number of carbonyl (C=O) groups excluding carboxylic acids is 2. The van der Waals surface area contributed by atoms with E-state index in [1.165, 1.54) is 30.3 Å². The molecular weight excluding hydrogens is 390 g/mol. The summed E-state index contributed by atoms with van der Waals surface area (Å²) in [6.07, 6.45) is 2.08. The van der Waals surface area contributed by atoms with Crippen molar-refractivity contribution in [1.29, 1.82) is 0 Å². The first-order valence-electron chi connectivity index (χ1n) is 10.2. The van der Waals surface area contributed by atoms with Crippen LogP contribution in [0.1, 0.15) is 48.9 Å². The Morgan fingerprint density at radius 1 is 1.03 bits per heavy atom. The summed E-state index contributed by atoms with van der Waals surface area (Å²) in [5.41, 5.74) is 0.687. The van der Waals surface area contributed by atoms with Crippen LogP contribution in [-0.4, -0.2) is 35.6 Å². The highest BCUT2D eigenvalue weighted by molar-refractivity contribution is 5.95. The summed E-state index contributed by atoms with van der Waals surface area (Å²) < 4.78 is 27.1. The molecular formula is C23H26F2N2O3. The third kappa shape index (κ3) is 6.10. The Balaban J connectivity index is 1.73. The first kappa shape index (κ1) is 21.9. The largest absolute Gasteiger partial charge is 0.393 e. The van der Waals surface area contributed by atoms with Gasteiger partial charge in [-0.25, -0.2) is 8.78 Å². The van der Waals surface area contributed by atoms with Crippen LogP contribution in [0.5, 0.6) is 0 Å². The second-order valence-electron chi connectivity index (χ2n) is 7.63. The van der Waals surface area contributed by atoms with Crippen molar-refractivity contribution < 1.29 is 23.5 Å². The van der Waals surface area contributed by atoms with Crippen molar-refractivity contribution in [2.24, 2.45) is 0 Å². The van der Waals surface area contributed by atoms with Crippen LogP contribution in [0.3, 0.4) is 0 Å². The fraction of sp³-hybridized carbons (Fsp3) is 0.391. The van der Waals surface area contributed by atoms with E-state index >= 15 is 0 Å². The molecule has 0 spiro atoms. The van der Waals surface area contributed by atoms with Gasteiger partial charge in [-0.05, 0) is 68.5 Å². The molecule has 2 amide bonds. The van der Waals surface area contributed by atoms with Crippen molar-refractivity contribution in [2.75, 3.05) is 11.4 Å². The molecule has 0 aromatic heterocycles. The molecule has 7 heteroatoms. The average molecular weight is 416 g/mol. The fourth-order valence-electron chi connectivity index (χ4n) is 3.72. The van der Waals surface area contributed by atoms with Crippen molar-refractivity contribution in [3.8, 4) is 0 Å². The lowest BCUT2D eigenvalue weighted by atomic mass is 10.00. The third-order valence-electron chi connectivity index (χ3n) is 5.28. The van der Waals surface area contributed by atoms with Crippen LogP contribution in [0.2, 0.25) is 0 Å². The van der Waals surface area contributed by atoms with Crippen LogP contribution in [0.4, 0.5) is 14.5 Å². The number of anilines is 1. The van der Waals surface area contributed by atoms with Gasteiger partial charge < -0.3 is 15.3 Å². The Morgan fingerprint density at radius 2 is 1.77 bits per heavy atom. The number of aliphatic hydroxyl groups is 1. The SMILES string of the molecule is O=C(NC1CCC(=O)N(c2cccc(F)c2)CCCCC(O)C1)c1cccc(F)c1. The van der Waals surface area contributed by atoms with Gasteiger partial charge in [0.2, 0.25) is 5.91 Å². The summed E-state index contributed by atoms with van der Waals surface area (Å²) in [5, 5.41) is 13.2. The zero-order valence-electron chi connectivity index (χ0n) is 16.7. The number of hydrogen-bond acceptors (Lipinski definition) is 3. The minimum Gasteiger partial charge on any atom is -0.393 e. The molecule has 2 atom stereocenters. The molecule has 0 radical (unpaired) electrons. The van der Waals surface area contributed by atoms with Gasteiger partial charge in [0.15, 0.2) is 0 Å². The summed E-state index contributed by atoms with van der Waals surface area (Å²) in [4.78, 5) is 26.9. The van der Waals surface area contributed by atoms with E-state index in [1.807, 2.05) is 0 Å². The van der Waals surface area contributed by atoms with Crippen molar-refractivity contribution in [3.05, 3.63) is 65.7 Å². The number of carbonyl (C=O) groups is 2. The number of amides is 2. The van der Waals surface area contributed by atoms with Crippen molar-refractivity contribution in [2.45, 2.75) is 50.7 Å². The molecule has 2 unspecified atom stereocenters. The highest BCUT2D eigenvalue weighted by atomic mass is 19.1. The van der Waals surface area contributed by atoms with Crippen LogP contribution >= 0.6 is 0 Å². The lowest BCUT2D eigenvalue weighted by Crippen LogP contribution is -2.39. The number of aliphatic hydroxyl groups excluding tert-OH is 1. The molecule has 2 aromatic rings. The smallest absolute Gasteiger partial charge is 0.251 e. The molecule has 1 fully saturated rings. The molecule has 1 saturated heterocycles. The Morgan fingerprint density at radius 3 is 2.50 bits per heavy atom. The predicted octanol–water partition coefficient (Wildman–Crippen LogP) is 3.81. The second-order valence-corrected chi connectivity index (χ2v) is 7.63. The van der Waals surface area contributed by atoms with E-state index in [9.17, 15) is 23.5 Å².